The van der Waals surface area contributed by atoms with Crippen molar-refractivity contribution >= 4 is 39.0 Å². The van der Waals surface area contributed by atoms with Gasteiger partial charge in [0.25, 0.3) is 10.0 Å². The van der Waals surface area contributed by atoms with Crippen LogP contribution in [0.15, 0.2) is 82.9 Å². The Morgan fingerprint density at radius 2 is 1.70 bits per heavy atom. The summed E-state index contributed by atoms with van der Waals surface area (Å²) in [7, 11) is -3.71. The van der Waals surface area contributed by atoms with Crippen LogP contribution in [-0.4, -0.2) is 19.4 Å². The van der Waals surface area contributed by atoms with Gasteiger partial charge in [0.2, 0.25) is 5.96 Å². The monoisotopic (exact) mass is 440 g/mol. The summed E-state index contributed by atoms with van der Waals surface area (Å²) in [5.74, 6) is 0.288. The maximum atomic E-state index is 12.4. The number of sulfonamides is 1. The van der Waals surface area contributed by atoms with Crippen LogP contribution in [-0.2, 0) is 16.6 Å². The Morgan fingerprint density at radius 1 is 1.03 bits per heavy atom. The van der Waals surface area contributed by atoms with E-state index < -0.39 is 10.0 Å². The summed E-state index contributed by atoms with van der Waals surface area (Å²) >= 11 is 5.80. The first-order valence-corrected chi connectivity index (χ1v) is 10.6. The van der Waals surface area contributed by atoms with Crippen molar-refractivity contribution in [1.29, 1.82) is 5.26 Å². The zero-order valence-corrected chi connectivity index (χ0v) is 17.2. The Bertz CT molecular complexity index is 1160. The van der Waals surface area contributed by atoms with Gasteiger partial charge in [-0.3, -0.25) is 15.0 Å². The first-order valence-electron chi connectivity index (χ1n) is 8.71. The van der Waals surface area contributed by atoms with E-state index in [2.05, 4.69) is 25.3 Å². The van der Waals surface area contributed by atoms with Crippen molar-refractivity contribution in [1.82, 2.24) is 15.6 Å². The van der Waals surface area contributed by atoms with Crippen molar-refractivity contribution in [2.24, 2.45) is 4.99 Å². The summed E-state index contributed by atoms with van der Waals surface area (Å²) < 4.78 is 27.4. The van der Waals surface area contributed by atoms with E-state index in [1.807, 2.05) is 6.19 Å². The van der Waals surface area contributed by atoms with Crippen LogP contribution in [0.25, 0.3) is 0 Å². The lowest BCUT2D eigenvalue weighted by Crippen LogP contribution is -2.33. The molecule has 0 atom stereocenters. The molecule has 3 aromatic rings. The van der Waals surface area contributed by atoms with Crippen molar-refractivity contribution in [3.63, 3.8) is 0 Å². The minimum atomic E-state index is -3.71. The number of nitrogens with zero attached hydrogens (tertiary/aromatic N) is 3. The van der Waals surface area contributed by atoms with Crippen molar-refractivity contribution in [3.8, 4) is 6.19 Å². The number of anilines is 1. The smallest absolute Gasteiger partial charge is 0.261 e. The largest absolute Gasteiger partial charge is 0.351 e. The molecule has 3 N–H and O–H groups in total. The quantitative estimate of drug-likeness (QED) is 0.234. The van der Waals surface area contributed by atoms with Gasteiger partial charge in [-0.25, -0.2) is 13.4 Å². The van der Waals surface area contributed by atoms with E-state index in [4.69, 9.17) is 16.9 Å². The fourth-order valence-corrected chi connectivity index (χ4v) is 3.60. The normalized spacial score (nSPS) is 11.4. The van der Waals surface area contributed by atoms with E-state index in [1.54, 1.807) is 48.8 Å². The fourth-order valence-electron chi connectivity index (χ4n) is 2.42. The van der Waals surface area contributed by atoms with Crippen molar-refractivity contribution in [2.75, 3.05) is 4.72 Å². The van der Waals surface area contributed by atoms with Crippen molar-refractivity contribution in [2.45, 2.75) is 11.4 Å². The van der Waals surface area contributed by atoms with Crippen LogP contribution in [0.3, 0.4) is 0 Å². The number of guanidine groups is 1. The molecular weight excluding hydrogens is 424 g/mol. The third-order valence-corrected chi connectivity index (χ3v) is 5.52. The molecule has 0 fully saturated rings. The Labute approximate surface area is 179 Å². The number of hydrogen-bond acceptors (Lipinski definition) is 5. The number of hydrogen-bond donors (Lipinski definition) is 3. The van der Waals surface area contributed by atoms with Gasteiger partial charge in [0.05, 0.1) is 10.6 Å². The molecule has 1 heterocycles. The topological polar surface area (TPSA) is 119 Å². The maximum absolute atomic E-state index is 12.4. The van der Waals surface area contributed by atoms with Gasteiger partial charge in [0, 0.05) is 29.6 Å². The average molecular weight is 441 g/mol. The van der Waals surface area contributed by atoms with Crippen molar-refractivity contribution < 1.29 is 8.42 Å². The Morgan fingerprint density at radius 3 is 2.33 bits per heavy atom. The Kier molecular flexibility index (Phi) is 6.85. The highest BCUT2D eigenvalue weighted by atomic mass is 35.5. The number of aliphatic imine (C=N–C) groups is 1. The summed E-state index contributed by atoms with van der Waals surface area (Å²) in [6.45, 7) is 0.378. The van der Waals surface area contributed by atoms with Gasteiger partial charge < -0.3 is 5.32 Å². The SMILES string of the molecule is N#CN/C(=N/c1ccncc1)NCc1ccc(NS(=O)(=O)c2ccc(Cl)cc2)cc1. The van der Waals surface area contributed by atoms with Crippen LogP contribution in [0.5, 0.6) is 0 Å². The number of nitrogens with one attached hydrogen (secondary N) is 3. The second-order valence-corrected chi connectivity index (χ2v) is 8.13. The molecule has 0 aliphatic heterocycles. The summed E-state index contributed by atoms with van der Waals surface area (Å²) in [4.78, 5) is 8.34. The van der Waals surface area contributed by atoms with E-state index in [-0.39, 0.29) is 10.9 Å². The van der Waals surface area contributed by atoms with Crippen LogP contribution in [0, 0.1) is 11.5 Å². The molecule has 0 bridgehead atoms. The fraction of sp³-hybridized carbons (Fsp3) is 0.0500. The highest BCUT2D eigenvalue weighted by molar-refractivity contribution is 7.92. The molecule has 1 aromatic heterocycles. The van der Waals surface area contributed by atoms with Crippen LogP contribution in [0.4, 0.5) is 11.4 Å². The van der Waals surface area contributed by atoms with Gasteiger partial charge >= 0.3 is 0 Å². The summed E-state index contributed by atoms with van der Waals surface area (Å²) in [6.07, 6.45) is 5.04. The Balaban J connectivity index is 1.64. The van der Waals surface area contributed by atoms with Crippen LogP contribution < -0.4 is 15.4 Å². The third-order valence-electron chi connectivity index (χ3n) is 3.87. The number of aromatic nitrogens is 1. The molecule has 0 aliphatic rings. The minimum absolute atomic E-state index is 0.122. The number of halogens is 1. The molecule has 2 aromatic carbocycles. The summed E-state index contributed by atoms with van der Waals surface area (Å²) in [6, 6.07) is 16.2. The van der Waals surface area contributed by atoms with Gasteiger partial charge in [-0.15, -0.1) is 0 Å². The van der Waals surface area contributed by atoms with Gasteiger partial charge in [-0.2, -0.15) is 5.26 Å². The molecule has 0 saturated heterocycles. The van der Waals surface area contributed by atoms with Gasteiger partial charge in [-0.1, -0.05) is 23.7 Å². The number of pyridine rings is 1. The van der Waals surface area contributed by atoms with Gasteiger partial charge in [0.15, 0.2) is 6.19 Å². The number of benzene rings is 2. The highest BCUT2D eigenvalue weighted by Gasteiger charge is 2.13. The lowest BCUT2D eigenvalue weighted by atomic mass is 10.2. The first kappa shape index (κ1) is 21.1. The van der Waals surface area contributed by atoms with E-state index >= 15 is 0 Å². The summed E-state index contributed by atoms with van der Waals surface area (Å²) in [5.41, 5.74) is 1.93. The second-order valence-electron chi connectivity index (χ2n) is 6.01. The molecule has 10 heteroatoms. The van der Waals surface area contributed by atoms with Crippen LogP contribution in [0.1, 0.15) is 5.56 Å². The average Bonchev–Trinajstić information content (AvgIpc) is 2.74. The lowest BCUT2D eigenvalue weighted by molar-refractivity contribution is 0.601. The standard InChI is InChI=1S/C20H17ClN6O2S/c21-16-3-7-19(8-4-16)30(28,29)27-18-5-1-15(2-6-18)13-24-20(25-14-22)26-17-9-11-23-12-10-17/h1-12,27H,13H2,(H2,23,24,25,26). The second kappa shape index (κ2) is 9.73. The molecule has 0 spiro atoms. The molecule has 3 rings (SSSR count). The number of nitriles is 1. The van der Waals surface area contributed by atoms with E-state index in [9.17, 15) is 8.42 Å². The number of rotatable bonds is 6. The molecule has 0 unspecified atom stereocenters. The minimum Gasteiger partial charge on any atom is -0.351 e. The van der Waals surface area contributed by atoms with Crippen molar-refractivity contribution in [3.05, 3.63) is 83.6 Å². The molecular formula is C20H17ClN6O2S. The zero-order valence-electron chi connectivity index (χ0n) is 15.6. The van der Waals surface area contributed by atoms with Gasteiger partial charge in [-0.05, 0) is 54.1 Å². The van der Waals surface area contributed by atoms with Gasteiger partial charge in [0.1, 0.15) is 0 Å². The molecule has 8 nitrogen and oxygen atoms in total. The summed E-state index contributed by atoms with van der Waals surface area (Å²) in [5, 5.41) is 14.9. The maximum Gasteiger partial charge on any atom is 0.261 e. The highest BCUT2D eigenvalue weighted by Crippen LogP contribution is 2.18. The molecule has 152 valence electrons. The zero-order chi connectivity index (χ0) is 21.4. The molecule has 30 heavy (non-hydrogen) atoms. The molecule has 0 radical (unpaired) electrons. The third kappa shape index (κ3) is 5.94. The molecule has 0 saturated carbocycles. The van der Waals surface area contributed by atoms with E-state index in [1.165, 1.54) is 24.3 Å². The Hall–Kier alpha value is -3.61. The molecule has 0 amide bonds. The van der Waals surface area contributed by atoms with E-state index in [0.29, 0.717) is 22.9 Å². The van der Waals surface area contributed by atoms with Crippen LogP contribution >= 0.6 is 11.6 Å². The van der Waals surface area contributed by atoms with E-state index in [0.717, 1.165) is 5.56 Å². The van der Waals surface area contributed by atoms with Crippen LogP contribution in [0.2, 0.25) is 5.02 Å². The predicted molar refractivity (Wildman–Crippen MR) is 116 cm³/mol. The lowest BCUT2D eigenvalue weighted by Gasteiger charge is -2.10. The molecule has 0 aliphatic carbocycles. The first-order chi connectivity index (χ1) is 14.5. The predicted octanol–water partition coefficient (Wildman–Crippen LogP) is 3.38.